The van der Waals surface area contributed by atoms with Crippen molar-refractivity contribution >= 4 is 5.91 Å². The molecule has 1 N–H and O–H groups in total. The second kappa shape index (κ2) is 9.47. The molecule has 1 aliphatic heterocycles. The maximum absolute atomic E-state index is 12.5. The molecule has 158 valence electrons. The maximum Gasteiger partial charge on any atom is 0.234 e. The van der Waals surface area contributed by atoms with Crippen LogP contribution in [0.4, 0.5) is 0 Å². The standard InChI is InChI=1S/C21H32N6O2/c1-17(18-5-7-19(8-6-18)27-16-22-15-24-27)25(4)13-20(28)23-14-21(2,3)26-9-11-29-12-10-26/h5-8,15-17H,9-14H2,1-4H3,(H,23,28). The van der Waals surface area contributed by atoms with E-state index in [1.54, 1.807) is 11.0 Å². The summed E-state index contributed by atoms with van der Waals surface area (Å²) in [5.74, 6) is 0.0416. The van der Waals surface area contributed by atoms with Crippen molar-refractivity contribution in [2.24, 2.45) is 0 Å². The molecule has 0 aliphatic carbocycles. The first-order valence-corrected chi connectivity index (χ1v) is 10.1. The van der Waals surface area contributed by atoms with Gasteiger partial charge in [-0.05, 0) is 45.5 Å². The minimum Gasteiger partial charge on any atom is -0.379 e. The summed E-state index contributed by atoms with van der Waals surface area (Å²) in [6.45, 7) is 10.7. The molecule has 8 heteroatoms. The average molecular weight is 401 g/mol. The Bertz CT molecular complexity index is 769. The van der Waals surface area contributed by atoms with Crippen LogP contribution < -0.4 is 5.32 Å². The molecule has 0 radical (unpaired) electrons. The molecular formula is C21H32N6O2. The van der Waals surface area contributed by atoms with Crippen molar-refractivity contribution in [1.29, 1.82) is 0 Å². The number of nitrogens with one attached hydrogen (secondary N) is 1. The van der Waals surface area contributed by atoms with Crippen molar-refractivity contribution < 1.29 is 9.53 Å². The molecule has 1 aromatic carbocycles. The van der Waals surface area contributed by atoms with Crippen LogP contribution in [0.3, 0.4) is 0 Å². The summed E-state index contributed by atoms with van der Waals surface area (Å²) in [6, 6.07) is 8.28. The van der Waals surface area contributed by atoms with Crippen LogP contribution in [0, 0.1) is 0 Å². The molecule has 3 rings (SSSR count). The van der Waals surface area contributed by atoms with E-state index in [4.69, 9.17) is 4.74 Å². The first-order valence-electron chi connectivity index (χ1n) is 10.1. The molecule has 0 spiro atoms. The van der Waals surface area contributed by atoms with Crippen molar-refractivity contribution in [3.63, 3.8) is 0 Å². The van der Waals surface area contributed by atoms with E-state index in [0.717, 1.165) is 37.6 Å². The molecule has 0 bridgehead atoms. The van der Waals surface area contributed by atoms with Crippen LogP contribution in [0.2, 0.25) is 0 Å². The van der Waals surface area contributed by atoms with Gasteiger partial charge < -0.3 is 10.1 Å². The van der Waals surface area contributed by atoms with E-state index in [-0.39, 0.29) is 17.5 Å². The van der Waals surface area contributed by atoms with Gasteiger partial charge in [0.1, 0.15) is 12.7 Å². The summed E-state index contributed by atoms with van der Waals surface area (Å²) in [6.07, 6.45) is 3.19. The van der Waals surface area contributed by atoms with Gasteiger partial charge in [0.05, 0.1) is 25.4 Å². The molecule has 1 amide bonds. The second-order valence-corrected chi connectivity index (χ2v) is 8.21. The van der Waals surface area contributed by atoms with E-state index in [0.29, 0.717) is 13.1 Å². The highest BCUT2D eigenvalue weighted by molar-refractivity contribution is 5.78. The van der Waals surface area contributed by atoms with Gasteiger partial charge in [-0.3, -0.25) is 14.6 Å². The number of amides is 1. The summed E-state index contributed by atoms with van der Waals surface area (Å²) in [5.41, 5.74) is 2.03. The fourth-order valence-corrected chi connectivity index (χ4v) is 3.52. The molecule has 0 saturated carbocycles. The van der Waals surface area contributed by atoms with E-state index in [9.17, 15) is 4.79 Å². The molecule has 2 heterocycles. The first-order chi connectivity index (χ1) is 13.9. The molecule has 1 aliphatic rings. The fraction of sp³-hybridized carbons (Fsp3) is 0.571. The van der Waals surface area contributed by atoms with Gasteiger partial charge in [-0.2, -0.15) is 5.10 Å². The van der Waals surface area contributed by atoms with Crippen LogP contribution in [0.5, 0.6) is 0 Å². The average Bonchev–Trinajstić information content (AvgIpc) is 3.27. The minimum atomic E-state index is -0.0825. The van der Waals surface area contributed by atoms with Gasteiger partial charge in [0, 0.05) is 31.2 Å². The van der Waals surface area contributed by atoms with Gasteiger partial charge in [-0.15, -0.1) is 0 Å². The number of likely N-dealkylation sites (N-methyl/N-ethyl adjacent to an activating group) is 1. The third kappa shape index (κ3) is 5.62. The minimum absolute atomic E-state index is 0.0416. The Balaban J connectivity index is 1.49. The normalized spacial score (nSPS) is 16.7. The zero-order valence-electron chi connectivity index (χ0n) is 17.8. The lowest BCUT2D eigenvalue weighted by atomic mass is 10.0. The lowest BCUT2D eigenvalue weighted by molar-refractivity contribution is -0.123. The van der Waals surface area contributed by atoms with E-state index in [1.807, 2.05) is 19.2 Å². The number of carbonyl (C=O) groups excluding carboxylic acids is 1. The Morgan fingerprint density at radius 3 is 2.59 bits per heavy atom. The lowest BCUT2D eigenvalue weighted by Gasteiger charge is -2.41. The molecule has 1 fully saturated rings. The predicted octanol–water partition coefficient (Wildman–Crippen LogP) is 1.49. The van der Waals surface area contributed by atoms with Crippen molar-refractivity contribution in [2.75, 3.05) is 46.4 Å². The van der Waals surface area contributed by atoms with Crippen molar-refractivity contribution in [3.8, 4) is 5.69 Å². The third-order valence-electron chi connectivity index (χ3n) is 5.70. The van der Waals surface area contributed by atoms with Gasteiger partial charge in [0.2, 0.25) is 5.91 Å². The highest BCUT2D eigenvalue weighted by Gasteiger charge is 2.28. The SMILES string of the molecule is CC(c1ccc(-n2cncn2)cc1)N(C)CC(=O)NCC(C)(C)N1CCOCC1. The Labute approximate surface area is 172 Å². The number of nitrogens with zero attached hydrogens (tertiary/aromatic N) is 5. The zero-order chi connectivity index (χ0) is 20.9. The lowest BCUT2D eigenvalue weighted by Crippen LogP contribution is -2.56. The number of hydrogen-bond donors (Lipinski definition) is 1. The van der Waals surface area contributed by atoms with Gasteiger partial charge in [-0.1, -0.05) is 12.1 Å². The van der Waals surface area contributed by atoms with E-state index >= 15 is 0 Å². The monoisotopic (exact) mass is 400 g/mol. The topological polar surface area (TPSA) is 75.5 Å². The van der Waals surface area contributed by atoms with Crippen LogP contribution >= 0.6 is 0 Å². The number of morpholine rings is 1. The number of carbonyl (C=O) groups is 1. The number of hydrogen-bond acceptors (Lipinski definition) is 6. The quantitative estimate of drug-likeness (QED) is 0.724. The van der Waals surface area contributed by atoms with E-state index in [2.05, 4.69) is 58.1 Å². The van der Waals surface area contributed by atoms with Crippen LogP contribution in [0.1, 0.15) is 32.4 Å². The number of rotatable bonds is 8. The predicted molar refractivity (Wildman–Crippen MR) is 112 cm³/mol. The Kier molecular flexibility index (Phi) is 7.00. The molecule has 1 saturated heterocycles. The number of ether oxygens (including phenoxy) is 1. The van der Waals surface area contributed by atoms with Crippen molar-refractivity contribution in [1.82, 2.24) is 29.9 Å². The van der Waals surface area contributed by atoms with E-state index < -0.39 is 0 Å². The first kappa shape index (κ1) is 21.4. The number of benzene rings is 1. The molecule has 1 atom stereocenters. The Morgan fingerprint density at radius 1 is 1.28 bits per heavy atom. The smallest absolute Gasteiger partial charge is 0.234 e. The highest BCUT2D eigenvalue weighted by atomic mass is 16.5. The number of aromatic nitrogens is 3. The summed E-state index contributed by atoms with van der Waals surface area (Å²) < 4.78 is 7.15. The zero-order valence-corrected chi connectivity index (χ0v) is 17.8. The summed E-state index contributed by atoms with van der Waals surface area (Å²) >= 11 is 0. The second-order valence-electron chi connectivity index (χ2n) is 8.21. The molecular weight excluding hydrogens is 368 g/mol. The van der Waals surface area contributed by atoms with Crippen LogP contribution in [-0.4, -0.2) is 82.5 Å². The van der Waals surface area contributed by atoms with Gasteiger partial charge in [0.25, 0.3) is 0 Å². The van der Waals surface area contributed by atoms with Crippen molar-refractivity contribution in [3.05, 3.63) is 42.5 Å². The maximum atomic E-state index is 12.5. The highest BCUT2D eigenvalue weighted by Crippen LogP contribution is 2.20. The third-order valence-corrected chi connectivity index (χ3v) is 5.70. The summed E-state index contributed by atoms with van der Waals surface area (Å²) in [4.78, 5) is 20.9. The molecule has 8 nitrogen and oxygen atoms in total. The van der Waals surface area contributed by atoms with Gasteiger partial charge in [0.15, 0.2) is 0 Å². The largest absolute Gasteiger partial charge is 0.379 e. The summed E-state index contributed by atoms with van der Waals surface area (Å²) in [7, 11) is 1.97. The van der Waals surface area contributed by atoms with Crippen molar-refractivity contribution in [2.45, 2.75) is 32.4 Å². The van der Waals surface area contributed by atoms with E-state index in [1.165, 1.54) is 6.33 Å². The van der Waals surface area contributed by atoms with Gasteiger partial charge in [-0.25, -0.2) is 9.67 Å². The van der Waals surface area contributed by atoms with Gasteiger partial charge >= 0.3 is 0 Å². The fourth-order valence-electron chi connectivity index (χ4n) is 3.52. The summed E-state index contributed by atoms with van der Waals surface area (Å²) in [5, 5.41) is 7.24. The molecule has 29 heavy (non-hydrogen) atoms. The molecule has 2 aromatic rings. The molecule has 1 unspecified atom stereocenters. The van der Waals surface area contributed by atoms with Crippen LogP contribution in [0.15, 0.2) is 36.9 Å². The van der Waals surface area contributed by atoms with Crippen LogP contribution in [0.25, 0.3) is 5.69 Å². The Hall–Kier alpha value is -2.29. The molecule has 1 aromatic heterocycles. The Morgan fingerprint density at radius 2 is 1.97 bits per heavy atom. The van der Waals surface area contributed by atoms with Crippen LogP contribution in [-0.2, 0) is 9.53 Å².